The third kappa shape index (κ3) is 3.05. The number of nitrogens with one attached hydrogen (secondary N) is 1. The van der Waals surface area contributed by atoms with Crippen molar-refractivity contribution in [3.05, 3.63) is 35.9 Å². The molecule has 1 aromatic heterocycles. The van der Waals surface area contributed by atoms with Crippen LogP contribution in [0.3, 0.4) is 0 Å². The molecule has 3 N–H and O–H groups in total. The summed E-state index contributed by atoms with van der Waals surface area (Å²) in [6, 6.07) is 9.98. The van der Waals surface area contributed by atoms with E-state index in [4.69, 9.17) is 15.3 Å². The van der Waals surface area contributed by atoms with Gasteiger partial charge in [0.2, 0.25) is 5.95 Å². The molecular weight excluding hydrogens is 234 g/mol. The van der Waals surface area contributed by atoms with Crippen LogP contribution in [0.5, 0.6) is 12.0 Å². The summed E-state index contributed by atoms with van der Waals surface area (Å²) in [6.45, 7) is 0.359. The zero-order chi connectivity index (χ0) is 12.8. The zero-order valence-electron chi connectivity index (χ0n) is 9.83. The van der Waals surface area contributed by atoms with Gasteiger partial charge >= 0.3 is 12.0 Å². The third-order valence-electron chi connectivity index (χ3n) is 2.12. The number of nitrogens with two attached hydrogens (primary N) is 1. The summed E-state index contributed by atoms with van der Waals surface area (Å²) in [4.78, 5) is 11.8. The predicted octanol–water partition coefficient (Wildman–Crippen LogP) is 0.745. The van der Waals surface area contributed by atoms with Crippen LogP contribution < -0.4 is 20.7 Å². The first kappa shape index (κ1) is 12.1. The third-order valence-corrected chi connectivity index (χ3v) is 2.12. The Morgan fingerprint density at radius 3 is 2.50 bits per heavy atom. The molecule has 2 aromatic rings. The van der Waals surface area contributed by atoms with Crippen molar-refractivity contribution < 1.29 is 9.47 Å². The molecule has 0 bridgehead atoms. The lowest BCUT2D eigenvalue weighted by molar-refractivity contribution is 0.271. The Balaban J connectivity index is 2.09. The highest BCUT2D eigenvalue weighted by Crippen LogP contribution is 2.13. The van der Waals surface area contributed by atoms with E-state index in [0.29, 0.717) is 6.61 Å². The molecule has 0 fully saturated rings. The highest BCUT2D eigenvalue weighted by molar-refractivity contribution is 5.25. The average molecular weight is 247 g/mol. The molecular formula is C11H13N5O2. The Kier molecular flexibility index (Phi) is 3.87. The minimum Gasteiger partial charge on any atom is -0.467 e. The van der Waals surface area contributed by atoms with E-state index < -0.39 is 0 Å². The molecule has 0 spiro atoms. The number of rotatable bonds is 5. The lowest BCUT2D eigenvalue weighted by atomic mass is 10.2. The van der Waals surface area contributed by atoms with Crippen molar-refractivity contribution in [2.75, 3.05) is 12.5 Å². The average Bonchev–Trinajstić information content (AvgIpc) is 2.45. The number of nitrogen functional groups attached to an aromatic ring is 1. The molecule has 0 saturated heterocycles. The smallest absolute Gasteiger partial charge is 0.324 e. The molecule has 1 aromatic carbocycles. The molecule has 94 valence electrons. The van der Waals surface area contributed by atoms with Crippen LogP contribution in [0.15, 0.2) is 30.3 Å². The normalized spacial score (nSPS) is 9.89. The minimum absolute atomic E-state index is 0.140. The number of benzene rings is 1. The fourth-order valence-corrected chi connectivity index (χ4v) is 1.28. The highest BCUT2D eigenvalue weighted by Gasteiger charge is 2.06. The molecule has 2 rings (SSSR count). The van der Waals surface area contributed by atoms with Crippen LogP contribution in [-0.4, -0.2) is 22.1 Å². The van der Waals surface area contributed by atoms with Crippen LogP contribution in [0, 0.1) is 0 Å². The molecule has 0 aliphatic rings. The number of ether oxygens (including phenoxy) is 2. The van der Waals surface area contributed by atoms with Crippen molar-refractivity contribution in [3.63, 3.8) is 0 Å². The van der Waals surface area contributed by atoms with E-state index in [1.165, 1.54) is 7.11 Å². The number of hydrazine groups is 1. The molecule has 0 aliphatic carbocycles. The van der Waals surface area contributed by atoms with Gasteiger partial charge in [-0.25, -0.2) is 5.84 Å². The largest absolute Gasteiger partial charge is 0.467 e. The van der Waals surface area contributed by atoms with Gasteiger partial charge in [0.25, 0.3) is 0 Å². The van der Waals surface area contributed by atoms with Crippen molar-refractivity contribution in [2.24, 2.45) is 5.84 Å². The molecule has 18 heavy (non-hydrogen) atoms. The summed E-state index contributed by atoms with van der Waals surface area (Å²) in [5.41, 5.74) is 3.33. The second kappa shape index (κ2) is 5.78. The quantitative estimate of drug-likeness (QED) is 0.594. The number of nitrogens with zero attached hydrogens (tertiary/aromatic N) is 3. The van der Waals surface area contributed by atoms with Crippen molar-refractivity contribution in [1.29, 1.82) is 0 Å². The Hall–Kier alpha value is -2.41. The van der Waals surface area contributed by atoms with Gasteiger partial charge in [0.15, 0.2) is 0 Å². The Bertz CT molecular complexity index is 484. The number of methoxy groups -OCH3 is 1. The Morgan fingerprint density at radius 1 is 1.11 bits per heavy atom. The Labute approximate surface area is 104 Å². The van der Waals surface area contributed by atoms with Gasteiger partial charge in [-0.1, -0.05) is 30.3 Å². The maximum Gasteiger partial charge on any atom is 0.324 e. The fraction of sp³-hybridized carbons (Fsp3) is 0.182. The van der Waals surface area contributed by atoms with E-state index in [9.17, 15) is 0 Å². The van der Waals surface area contributed by atoms with Gasteiger partial charge in [-0.15, -0.1) is 4.98 Å². The zero-order valence-corrected chi connectivity index (χ0v) is 9.83. The van der Waals surface area contributed by atoms with Crippen LogP contribution >= 0.6 is 0 Å². The number of hydrogen-bond acceptors (Lipinski definition) is 7. The summed E-state index contributed by atoms with van der Waals surface area (Å²) in [5, 5.41) is 0. The second-order valence-electron chi connectivity index (χ2n) is 3.35. The van der Waals surface area contributed by atoms with E-state index in [1.807, 2.05) is 30.3 Å². The molecule has 0 amide bonds. The maximum absolute atomic E-state index is 5.44. The predicted molar refractivity (Wildman–Crippen MR) is 65.0 cm³/mol. The van der Waals surface area contributed by atoms with Crippen molar-refractivity contribution in [1.82, 2.24) is 15.0 Å². The molecule has 7 nitrogen and oxygen atoms in total. The summed E-state index contributed by atoms with van der Waals surface area (Å²) in [5.74, 6) is 5.42. The topological polar surface area (TPSA) is 95.2 Å². The van der Waals surface area contributed by atoms with Gasteiger partial charge in [0.1, 0.15) is 6.61 Å². The van der Waals surface area contributed by atoms with Gasteiger partial charge in [-0.05, 0) is 5.56 Å². The summed E-state index contributed by atoms with van der Waals surface area (Å²) in [7, 11) is 1.45. The molecule has 0 saturated carbocycles. The van der Waals surface area contributed by atoms with Crippen LogP contribution in [-0.2, 0) is 6.61 Å². The lowest BCUT2D eigenvalue weighted by Gasteiger charge is -2.07. The maximum atomic E-state index is 5.44. The molecule has 0 unspecified atom stereocenters. The van der Waals surface area contributed by atoms with Gasteiger partial charge in [-0.2, -0.15) is 9.97 Å². The van der Waals surface area contributed by atoms with Crippen LogP contribution in [0.4, 0.5) is 5.95 Å². The van der Waals surface area contributed by atoms with Gasteiger partial charge in [0.05, 0.1) is 7.11 Å². The standard InChI is InChI=1S/C11H13N5O2/c1-17-10-13-9(16-12)14-11(15-10)18-7-8-5-3-2-4-6-8/h2-6H,7,12H2,1H3,(H,13,14,15,16). The van der Waals surface area contributed by atoms with Gasteiger partial charge < -0.3 is 9.47 Å². The van der Waals surface area contributed by atoms with Crippen molar-refractivity contribution in [3.8, 4) is 12.0 Å². The summed E-state index contributed by atoms with van der Waals surface area (Å²) in [6.07, 6.45) is 0. The van der Waals surface area contributed by atoms with E-state index in [0.717, 1.165) is 5.56 Å². The van der Waals surface area contributed by atoms with Crippen molar-refractivity contribution in [2.45, 2.75) is 6.61 Å². The second-order valence-corrected chi connectivity index (χ2v) is 3.35. The molecule has 7 heteroatoms. The van der Waals surface area contributed by atoms with Crippen LogP contribution in [0.1, 0.15) is 5.56 Å². The molecule has 0 aliphatic heterocycles. The molecule has 0 radical (unpaired) electrons. The number of aromatic nitrogens is 3. The fourth-order valence-electron chi connectivity index (χ4n) is 1.28. The first-order chi connectivity index (χ1) is 8.81. The first-order valence-electron chi connectivity index (χ1n) is 5.25. The van der Waals surface area contributed by atoms with Gasteiger partial charge in [-0.3, -0.25) is 5.43 Å². The SMILES string of the molecule is COc1nc(NN)nc(OCc2ccccc2)n1. The van der Waals surface area contributed by atoms with E-state index in [1.54, 1.807) is 0 Å². The van der Waals surface area contributed by atoms with Crippen LogP contribution in [0.2, 0.25) is 0 Å². The minimum atomic E-state index is 0.140. The number of anilines is 1. The summed E-state index contributed by atoms with van der Waals surface area (Å²) < 4.78 is 10.4. The lowest BCUT2D eigenvalue weighted by Crippen LogP contribution is -2.13. The molecule has 1 heterocycles. The summed E-state index contributed by atoms with van der Waals surface area (Å²) >= 11 is 0. The monoisotopic (exact) mass is 247 g/mol. The van der Waals surface area contributed by atoms with Crippen LogP contribution in [0.25, 0.3) is 0 Å². The Morgan fingerprint density at radius 2 is 1.83 bits per heavy atom. The highest BCUT2D eigenvalue weighted by atomic mass is 16.5. The van der Waals surface area contributed by atoms with E-state index >= 15 is 0 Å². The van der Waals surface area contributed by atoms with E-state index in [-0.39, 0.29) is 18.0 Å². The van der Waals surface area contributed by atoms with Gasteiger partial charge in [0, 0.05) is 0 Å². The van der Waals surface area contributed by atoms with Crippen molar-refractivity contribution >= 4 is 5.95 Å². The molecule has 0 atom stereocenters. The van der Waals surface area contributed by atoms with E-state index in [2.05, 4.69) is 20.4 Å². The number of hydrogen-bond donors (Lipinski definition) is 2. The first-order valence-corrected chi connectivity index (χ1v) is 5.25.